The number of carbonyl (C=O) groups is 1. The van der Waals surface area contributed by atoms with Gasteiger partial charge in [-0.15, -0.1) is 12.4 Å². The smallest absolute Gasteiger partial charge is 0.226 e. The predicted octanol–water partition coefficient (Wildman–Crippen LogP) is 1.27. The summed E-state index contributed by atoms with van der Waals surface area (Å²) in [7, 11) is 0. The Hall–Kier alpha value is -0.280. The van der Waals surface area contributed by atoms with Crippen LogP contribution >= 0.6 is 12.4 Å². The second kappa shape index (κ2) is 4.53. The van der Waals surface area contributed by atoms with Gasteiger partial charge in [0.2, 0.25) is 5.91 Å². The zero-order valence-corrected chi connectivity index (χ0v) is 10.6. The van der Waals surface area contributed by atoms with Crippen LogP contribution in [0.4, 0.5) is 0 Å². The minimum atomic E-state index is 0. The van der Waals surface area contributed by atoms with Crippen molar-refractivity contribution in [1.82, 2.24) is 10.2 Å². The summed E-state index contributed by atoms with van der Waals surface area (Å²) in [4.78, 5) is 14.3. The summed E-state index contributed by atoms with van der Waals surface area (Å²) in [6.45, 7) is 5.00. The van der Waals surface area contributed by atoms with Crippen molar-refractivity contribution in [1.29, 1.82) is 0 Å². The van der Waals surface area contributed by atoms with Gasteiger partial charge in [0.1, 0.15) is 0 Å². The number of nitrogens with one attached hydrogen (secondary N) is 1. The van der Waals surface area contributed by atoms with Gasteiger partial charge in [-0.05, 0) is 38.0 Å². The van der Waals surface area contributed by atoms with Crippen molar-refractivity contribution in [2.75, 3.05) is 19.6 Å². The molecule has 0 bridgehead atoms. The van der Waals surface area contributed by atoms with Gasteiger partial charge < -0.3 is 10.2 Å². The highest BCUT2D eigenvalue weighted by Gasteiger charge is 2.52. The van der Waals surface area contributed by atoms with Gasteiger partial charge in [-0.2, -0.15) is 0 Å². The molecule has 0 aromatic carbocycles. The van der Waals surface area contributed by atoms with Crippen molar-refractivity contribution in [2.24, 2.45) is 17.8 Å². The van der Waals surface area contributed by atoms with Crippen LogP contribution in [0.3, 0.4) is 0 Å². The summed E-state index contributed by atoms with van der Waals surface area (Å²) < 4.78 is 0. The number of halogens is 1. The molecule has 3 rings (SSSR count). The average Bonchev–Trinajstić information content (AvgIpc) is 3.08. The quantitative estimate of drug-likeness (QED) is 0.794. The first-order valence-electron chi connectivity index (χ1n) is 6.28. The van der Waals surface area contributed by atoms with Crippen LogP contribution in [-0.2, 0) is 4.79 Å². The van der Waals surface area contributed by atoms with Crippen molar-refractivity contribution in [2.45, 2.75) is 32.2 Å². The summed E-state index contributed by atoms with van der Waals surface area (Å²) in [5, 5.41) is 3.33. The SMILES string of the molecule is C[C@@H]1CNCCN1C(=O)C1CC1C1CC1.Cl. The normalized spacial score (nSPS) is 37.8. The van der Waals surface area contributed by atoms with Crippen LogP contribution < -0.4 is 5.32 Å². The van der Waals surface area contributed by atoms with Crippen LogP contribution in [0.25, 0.3) is 0 Å². The molecule has 0 radical (unpaired) electrons. The molecule has 3 atom stereocenters. The van der Waals surface area contributed by atoms with Crippen LogP contribution in [-0.4, -0.2) is 36.5 Å². The fraction of sp³-hybridized carbons (Fsp3) is 0.917. The average molecular weight is 245 g/mol. The monoisotopic (exact) mass is 244 g/mol. The maximum Gasteiger partial charge on any atom is 0.226 e. The van der Waals surface area contributed by atoms with E-state index in [1.807, 2.05) is 0 Å². The maximum absolute atomic E-state index is 12.2. The molecule has 3 nitrogen and oxygen atoms in total. The molecule has 2 unspecified atom stereocenters. The second-order valence-electron chi connectivity index (χ2n) is 5.43. The number of hydrogen-bond acceptors (Lipinski definition) is 2. The lowest BCUT2D eigenvalue weighted by atomic mass is 10.1. The fourth-order valence-corrected chi connectivity index (χ4v) is 2.93. The Kier molecular flexibility index (Phi) is 3.45. The van der Waals surface area contributed by atoms with Crippen molar-refractivity contribution in [3.8, 4) is 0 Å². The molecule has 1 aliphatic heterocycles. The lowest BCUT2D eigenvalue weighted by Crippen LogP contribution is -2.52. The summed E-state index contributed by atoms with van der Waals surface area (Å²) in [5.74, 6) is 2.52. The molecular weight excluding hydrogens is 224 g/mol. The third kappa shape index (κ3) is 2.21. The van der Waals surface area contributed by atoms with Gasteiger partial charge in [-0.1, -0.05) is 0 Å². The van der Waals surface area contributed by atoms with E-state index in [0.717, 1.165) is 31.5 Å². The Morgan fingerprint density at radius 3 is 2.75 bits per heavy atom. The fourth-order valence-electron chi connectivity index (χ4n) is 2.93. The molecule has 2 saturated carbocycles. The number of carbonyl (C=O) groups excluding carboxylic acids is 1. The van der Waals surface area contributed by atoms with Gasteiger partial charge in [0.05, 0.1) is 0 Å². The molecule has 4 heteroatoms. The van der Waals surface area contributed by atoms with Crippen molar-refractivity contribution in [3.63, 3.8) is 0 Å². The number of nitrogens with zero attached hydrogens (tertiary/aromatic N) is 1. The molecule has 92 valence electrons. The third-order valence-corrected chi connectivity index (χ3v) is 4.17. The van der Waals surface area contributed by atoms with Crippen LogP contribution in [0.2, 0.25) is 0 Å². The number of hydrogen-bond donors (Lipinski definition) is 1. The van der Waals surface area contributed by atoms with E-state index in [0.29, 0.717) is 17.9 Å². The lowest BCUT2D eigenvalue weighted by molar-refractivity contribution is -0.135. The van der Waals surface area contributed by atoms with Gasteiger partial charge in [0.25, 0.3) is 0 Å². The largest absolute Gasteiger partial charge is 0.337 e. The maximum atomic E-state index is 12.2. The summed E-state index contributed by atoms with van der Waals surface area (Å²) >= 11 is 0. The van der Waals surface area contributed by atoms with Gasteiger partial charge in [-0.25, -0.2) is 0 Å². The van der Waals surface area contributed by atoms with Gasteiger partial charge >= 0.3 is 0 Å². The van der Waals surface area contributed by atoms with Crippen molar-refractivity contribution >= 4 is 18.3 Å². The first-order valence-corrected chi connectivity index (χ1v) is 6.28. The molecule has 3 fully saturated rings. The van der Waals surface area contributed by atoms with E-state index in [4.69, 9.17) is 0 Å². The number of piperazine rings is 1. The zero-order chi connectivity index (χ0) is 10.4. The highest BCUT2D eigenvalue weighted by atomic mass is 35.5. The molecule has 2 aliphatic carbocycles. The van der Waals surface area contributed by atoms with E-state index in [-0.39, 0.29) is 12.4 Å². The van der Waals surface area contributed by atoms with Gasteiger partial charge in [0, 0.05) is 31.6 Å². The minimum Gasteiger partial charge on any atom is -0.337 e. The Morgan fingerprint density at radius 1 is 1.38 bits per heavy atom. The zero-order valence-electron chi connectivity index (χ0n) is 9.82. The highest BCUT2D eigenvalue weighted by Crippen LogP contribution is 2.55. The van der Waals surface area contributed by atoms with Crippen LogP contribution in [0.5, 0.6) is 0 Å². The third-order valence-electron chi connectivity index (χ3n) is 4.17. The van der Waals surface area contributed by atoms with Crippen molar-refractivity contribution < 1.29 is 4.79 Å². The first kappa shape index (κ1) is 12.2. The Balaban J connectivity index is 0.000000963. The van der Waals surface area contributed by atoms with E-state index in [9.17, 15) is 4.79 Å². The van der Waals surface area contributed by atoms with Crippen LogP contribution in [0.1, 0.15) is 26.2 Å². The standard InChI is InChI=1S/C12H20N2O.ClH/c1-8-7-13-4-5-14(8)12(15)11-6-10(11)9-2-3-9;/h8-11,13H,2-7H2,1H3;1H/t8-,10?,11?;/m1./s1. The van der Waals surface area contributed by atoms with E-state index in [1.165, 1.54) is 19.3 Å². The molecule has 1 heterocycles. The molecule has 16 heavy (non-hydrogen) atoms. The Labute approximate surface area is 103 Å². The predicted molar refractivity (Wildman–Crippen MR) is 65.6 cm³/mol. The Morgan fingerprint density at radius 2 is 2.12 bits per heavy atom. The molecule has 0 spiro atoms. The van der Waals surface area contributed by atoms with Crippen LogP contribution in [0.15, 0.2) is 0 Å². The number of amides is 1. The van der Waals surface area contributed by atoms with Gasteiger partial charge in [-0.3, -0.25) is 4.79 Å². The summed E-state index contributed by atoms with van der Waals surface area (Å²) in [6.07, 6.45) is 3.94. The molecule has 0 aromatic rings. The molecule has 1 saturated heterocycles. The van der Waals surface area contributed by atoms with Crippen LogP contribution in [0, 0.1) is 17.8 Å². The summed E-state index contributed by atoms with van der Waals surface area (Å²) in [5.41, 5.74) is 0. The molecule has 3 aliphatic rings. The first-order chi connectivity index (χ1) is 7.27. The second-order valence-corrected chi connectivity index (χ2v) is 5.43. The van der Waals surface area contributed by atoms with E-state index >= 15 is 0 Å². The van der Waals surface area contributed by atoms with E-state index in [2.05, 4.69) is 17.1 Å². The highest BCUT2D eigenvalue weighted by molar-refractivity contribution is 5.85. The van der Waals surface area contributed by atoms with E-state index < -0.39 is 0 Å². The van der Waals surface area contributed by atoms with Gasteiger partial charge in [0.15, 0.2) is 0 Å². The topological polar surface area (TPSA) is 32.3 Å². The molecule has 1 amide bonds. The number of rotatable bonds is 2. The molecular formula is C12H21ClN2O. The Bertz CT molecular complexity index is 280. The lowest BCUT2D eigenvalue weighted by Gasteiger charge is -2.34. The van der Waals surface area contributed by atoms with E-state index in [1.54, 1.807) is 0 Å². The summed E-state index contributed by atoms with van der Waals surface area (Å²) in [6, 6.07) is 0.395. The molecule has 1 N–H and O–H groups in total. The minimum absolute atomic E-state index is 0. The van der Waals surface area contributed by atoms with Crippen molar-refractivity contribution in [3.05, 3.63) is 0 Å². The molecule has 0 aromatic heterocycles.